The Morgan fingerprint density at radius 1 is 1.09 bits per heavy atom. The first-order valence-corrected chi connectivity index (χ1v) is 13.1. The SMILES string of the molecule is CC(=O)c1ccc(S(=O)(=O)N2CCC[C@]2(C)C(=O)NC2C3CC4CC2CC(O)(C4)C3)cc1. The average molecular weight is 461 g/mol. The van der Waals surface area contributed by atoms with Crippen molar-refractivity contribution in [3.8, 4) is 0 Å². The van der Waals surface area contributed by atoms with Crippen LogP contribution in [0.1, 0.15) is 69.2 Å². The third kappa shape index (κ3) is 3.42. The van der Waals surface area contributed by atoms with Gasteiger partial charge in [-0.3, -0.25) is 9.59 Å². The fourth-order valence-electron chi connectivity index (χ4n) is 7.06. The predicted molar refractivity (Wildman–Crippen MR) is 118 cm³/mol. The van der Waals surface area contributed by atoms with Crippen molar-refractivity contribution in [1.82, 2.24) is 9.62 Å². The maximum atomic E-state index is 13.5. The number of Topliss-reactive ketones (excluding diaryl/α,β-unsaturated/α-hetero) is 1. The van der Waals surface area contributed by atoms with E-state index in [1.54, 1.807) is 6.92 Å². The molecule has 4 bridgehead atoms. The number of sulfonamides is 1. The third-order valence-corrected chi connectivity index (χ3v) is 10.5. The summed E-state index contributed by atoms with van der Waals surface area (Å²) in [6.07, 6.45) is 5.49. The number of hydrogen-bond donors (Lipinski definition) is 2. The third-order valence-electron chi connectivity index (χ3n) is 8.45. The zero-order valence-electron chi connectivity index (χ0n) is 18.7. The van der Waals surface area contributed by atoms with E-state index in [0.717, 1.165) is 32.1 Å². The van der Waals surface area contributed by atoms with Crippen LogP contribution in [-0.4, -0.2) is 53.2 Å². The van der Waals surface area contributed by atoms with Gasteiger partial charge in [0.2, 0.25) is 15.9 Å². The first-order valence-electron chi connectivity index (χ1n) is 11.7. The molecule has 5 fully saturated rings. The van der Waals surface area contributed by atoms with E-state index in [9.17, 15) is 23.1 Å². The highest BCUT2D eigenvalue weighted by Gasteiger charge is 2.57. The lowest BCUT2D eigenvalue weighted by Crippen LogP contribution is -2.65. The van der Waals surface area contributed by atoms with E-state index in [-0.39, 0.29) is 34.5 Å². The van der Waals surface area contributed by atoms with Crippen LogP contribution in [-0.2, 0) is 14.8 Å². The minimum absolute atomic E-state index is 0.0103. The zero-order chi connectivity index (χ0) is 22.9. The normalized spacial score (nSPS) is 38.7. The van der Waals surface area contributed by atoms with Crippen molar-refractivity contribution in [2.45, 2.75) is 80.9 Å². The number of rotatable bonds is 5. The number of carbonyl (C=O) groups excluding carboxylic acids is 2. The second-order valence-electron chi connectivity index (χ2n) is 10.7. The summed E-state index contributed by atoms with van der Waals surface area (Å²) in [6, 6.07) is 5.93. The van der Waals surface area contributed by atoms with Crippen LogP contribution in [0, 0.1) is 17.8 Å². The fourth-order valence-corrected chi connectivity index (χ4v) is 8.87. The molecule has 7 nitrogen and oxygen atoms in total. The summed E-state index contributed by atoms with van der Waals surface area (Å²) in [5, 5.41) is 14.1. The van der Waals surface area contributed by atoms with E-state index in [0.29, 0.717) is 30.9 Å². The van der Waals surface area contributed by atoms with Crippen LogP contribution in [0.5, 0.6) is 0 Å². The maximum absolute atomic E-state index is 13.5. The van der Waals surface area contributed by atoms with E-state index in [1.807, 2.05) is 0 Å². The molecule has 0 radical (unpaired) electrons. The number of aliphatic hydroxyl groups is 1. The predicted octanol–water partition coefficient (Wildman–Crippen LogP) is 2.49. The van der Waals surface area contributed by atoms with Crippen LogP contribution in [0.4, 0.5) is 0 Å². The lowest BCUT2D eigenvalue weighted by molar-refractivity contribution is -0.150. The van der Waals surface area contributed by atoms with Gasteiger partial charge in [-0.1, -0.05) is 12.1 Å². The highest BCUT2D eigenvalue weighted by molar-refractivity contribution is 7.89. The Labute approximate surface area is 189 Å². The summed E-state index contributed by atoms with van der Waals surface area (Å²) in [5.41, 5.74) is -1.27. The zero-order valence-corrected chi connectivity index (χ0v) is 19.5. The van der Waals surface area contributed by atoms with Gasteiger partial charge in [-0.25, -0.2) is 8.42 Å². The first kappa shape index (κ1) is 22.0. The largest absolute Gasteiger partial charge is 0.390 e. The van der Waals surface area contributed by atoms with Crippen molar-refractivity contribution in [3.63, 3.8) is 0 Å². The fraction of sp³-hybridized carbons (Fsp3) is 0.667. The van der Waals surface area contributed by atoms with Crippen LogP contribution >= 0.6 is 0 Å². The summed E-state index contributed by atoms with van der Waals surface area (Å²) in [4.78, 5) is 25.2. The molecule has 6 rings (SSSR count). The smallest absolute Gasteiger partial charge is 0.244 e. The molecule has 8 heteroatoms. The second kappa shape index (κ2) is 7.37. The molecule has 1 aliphatic heterocycles. The minimum Gasteiger partial charge on any atom is -0.390 e. The van der Waals surface area contributed by atoms with E-state index in [2.05, 4.69) is 5.32 Å². The molecule has 4 saturated carbocycles. The lowest BCUT2D eigenvalue weighted by atomic mass is 9.52. The Hall–Kier alpha value is -1.77. The molecular weight excluding hydrogens is 428 g/mol. The van der Waals surface area contributed by atoms with Crippen molar-refractivity contribution in [2.75, 3.05) is 6.54 Å². The number of carbonyl (C=O) groups is 2. The number of nitrogens with one attached hydrogen (secondary N) is 1. The van der Waals surface area contributed by atoms with Crippen LogP contribution in [0.2, 0.25) is 0 Å². The number of amides is 1. The number of benzene rings is 1. The summed E-state index contributed by atoms with van der Waals surface area (Å²) >= 11 is 0. The van der Waals surface area contributed by atoms with Gasteiger partial charge in [0.05, 0.1) is 10.5 Å². The Balaban J connectivity index is 1.37. The number of nitrogens with zero attached hydrogens (tertiary/aromatic N) is 1. The van der Waals surface area contributed by atoms with Crippen LogP contribution < -0.4 is 5.32 Å². The Morgan fingerprint density at radius 3 is 2.28 bits per heavy atom. The lowest BCUT2D eigenvalue weighted by Gasteiger charge is -2.58. The van der Waals surface area contributed by atoms with Crippen molar-refractivity contribution in [2.24, 2.45) is 17.8 Å². The molecule has 4 aliphatic carbocycles. The standard InChI is InChI=1S/C24H32N2O5S/c1-15(27)17-4-6-20(7-5-17)32(30,31)26-9-3-8-23(26,2)22(28)25-21-18-10-16-11-19(21)14-24(29,12-16)13-18/h4-7,16,18-19,21,29H,3,8-14H2,1-2H3,(H,25,28)/t16?,18?,19?,21?,23-,24?/m1/s1. The quantitative estimate of drug-likeness (QED) is 0.657. The van der Waals surface area contributed by atoms with Crippen molar-refractivity contribution >= 4 is 21.7 Å². The number of ketones is 1. The van der Waals surface area contributed by atoms with E-state index in [1.165, 1.54) is 35.5 Å². The molecule has 0 spiro atoms. The Bertz CT molecular complexity index is 1040. The molecule has 2 unspecified atom stereocenters. The van der Waals surface area contributed by atoms with Gasteiger partial charge >= 0.3 is 0 Å². The monoisotopic (exact) mass is 460 g/mol. The van der Waals surface area contributed by atoms with E-state index >= 15 is 0 Å². The molecule has 2 N–H and O–H groups in total. The van der Waals surface area contributed by atoms with Gasteiger partial charge in [0, 0.05) is 18.2 Å². The molecular formula is C24H32N2O5S. The maximum Gasteiger partial charge on any atom is 0.244 e. The molecule has 0 aromatic heterocycles. The van der Waals surface area contributed by atoms with Crippen molar-refractivity contribution < 1.29 is 23.1 Å². The van der Waals surface area contributed by atoms with Gasteiger partial charge in [-0.15, -0.1) is 0 Å². The molecule has 5 aliphatic rings. The Kier molecular flexibility index (Phi) is 5.08. The van der Waals surface area contributed by atoms with Crippen molar-refractivity contribution in [1.29, 1.82) is 0 Å². The van der Waals surface area contributed by atoms with E-state index < -0.39 is 21.2 Å². The highest BCUT2D eigenvalue weighted by Crippen LogP contribution is 2.55. The summed E-state index contributed by atoms with van der Waals surface area (Å²) < 4.78 is 28.2. The van der Waals surface area contributed by atoms with Gasteiger partial charge in [0.15, 0.2) is 5.78 Å². The number of hydrogen-bond acceptors (Lipinski definition) is 5. The second-order valence-corrected chi connectivity index (χ2v) is 12.6. The summed E-state index contributed by atoms with van der Waals surface area (Å²) in [6.45, 7) is 3.45. The van der Waals surface area contributed by atoms with Crippen LogP contribution in [0.3, 0.4) is 0 Å². The van der Waals surface area contributed by atoms with Crippen LogP contribution in [0.25, 0.3) is 0 Å². The van der Waals surface area contributed by atoms with E-state index in [4.69, 9.17) is 0 Å². The van der Waals surface area contributed by atoms with Gasteiger partial charge in [-0.05, 0) is 88.7 Å². The first-order chi connectivity index (χ1) is 15.0. The Morgan fingerprint density at radius 2 is 1.72 bits per heavy atom. The average Bonchev–Trinajstić information content (AvgIpc) is 3.13. The van der Waals surface area contributed by atoms with Gasteiger partial charge in [0.25, 0.3) is 0 Å². The van der Waals surface area contributed by atoms with Gasteiger partial charge in [0.1, 0.15) is 5.54 Å². The van der Waals surface area contributed by atoms with Crippen molar-refractivity contribution in [3.05, 3.63) is 29.8 Å². The highest BCUT2D eigenvalue weighted by atomic mass is 32.2. The molecule has 1 saturated heterocycles. The summed E-state index contributed by atoms with van der Waals surface area (Å²) in [7, 11) is -3.88. The topological polar surface area (TPSA) is 104 Å². The molecule has 1 amide bonds. The molecule has 1 aromatic rings. The molecule has 3 atom stereocenters. The van der Waals surface area contributed by atoms with Gasteiger partial charge < -0.3 is 10.4 Å². The summed E-state index contributed by atoms with van der Waals surface area (Å²) in [5.74, 6) is 0.722. The minimum atomic E-state index is -3.88. The molecule has 174 valence electrons. The van der Waals surface area contributed by atoms with Crippen LogP contribution in [0.15, 0.2) is 29.2 Å². The molecule has 1 aromatic carbocycles. The molecule has 1 heterocycles. The molecule has 32 heavy (non-hydrogen) atoms. The van der Waals surface area contributed by atoms with Gasteiger partial charge in [-0.2, -0.15) is 4.31 Å².